The first kappa shape index (κ1) is 26.0. The monoisotopic (exact) mass is 507 g/mol. The third kappa shape index (κ3) is 7.22. The second kappa shape index (κ2) is 11.3. The molecule has 11 heteroatoms. The van der Waals surface area contributed by atoms with Crippen LogP contribution >= 0.6 is 0 Å². The summed E-state index contributed by atoms with van der Waals surface area (Å²) in [5.74, 6) is 1.98. The summed E-state index contributed by atoms with van der Waals surface area (Å²) in [5, 5.41) is 17.7. The number of halogens is 3. The van der Waals surface area contributed by atoms with Gasteiger partial charge < -0.3 is 20.3 Å². The number of anilines is 2. The van der Waals surface area contributed by atoms with Crippen LogP contribution in [0.5, 0.6) is 5.75 Å². The Balaban J connectivity index is 1.33. The average Bonchev–Trinajstić information content (AvgIpc) is 2.81. The molecule has 1 aromatic carbocycles. The maximum Gasteiger partial charge on any atom is 0.573 e. The van der Waals surface area contributed by atoms with Gasteiger partial charge in [-0.3, -0.25) is 10.1 Å². The number of aromatic nitrogens is 1. The Labute approximate surface area is 208 Å². The minimum atomic E-state index is -4.80. The SMILES string of the molecule is CC1CN(C[C@H]2CC[C@H](CNc3cc(NCc4ccccc4OC(F)(F)F)ncc3[N+](=O)[O-])CC2)C1. The third-order valence-corrected chi connectivity index (χ3v) is 6.94. The van der Waals surface area contributed by atoms with Crippen LogP contribution in [0.1, 0.15) is 38.2 Å². The van der Waals surface area contributed by atoms with Crippen LogP contribution in [-0.4, -0.2) is 47.3 Å². The van der Waals surface area contributed by atoms with Crippen LogP contribution in [0.2, 0.25) is 0 Å². The quantitative estimate of drug-likeness (QED) is 0.316. The maximum absolute atomic E-state index is 12.7. The molecular weight excluding hydrogens is 475 g/mol. The molecule has 0 bridgehead atoms. The number of hydrogen-bond donors (Lipinski definition) is 2. The third-order valence-electron chi connectivity index (χ3n) is 6.94. The number of nitrogens with zero attached hydrogens (tertiary/aromatic N) is 3. The molecule has 36 heavy (non-hydrogen) atoms. The normalized spacial score (nSPS) is 21.0. The molecule has 2 N–H and O–H groups in total. The summed E-state index contributed by atoms with van der Waals surface area (Å²) >= 11 is 0. The van der Waals surface area contributed by atoms with Crippen molar-refractivity contribution < 1.29 is 22.8 Å². The molecule has 2 aromatic rings. The number of pyridine rings is 1. The van der Waals surface area contributed by atoms with Crippen molar-refractivity contribution in [2.75, 3.05) is 36.8 Å². The van der Waals surface area contributed by atoms with Crippen LogP contribution < -0.4 is 15.4 Å². The number of alkyl halides is 3. The maximum atomic E-state index is 12.7. The Morgan fingerprint density at radius 3 is 2.50 bits per heavy atom. The lowest BCUT2D eigenvalue weighted by Crippen LogP contribution is -2.47. The molecule has 0 atom stereocenters. The van der Waals surface area contributed by atoms with E-state index in [4.69, 9.17) is 0 Å². The van der Waals surface area contributed by atoms with E-state index in [1.165, 1.54) is 56.7 Å². The van der Waals surface area contributed by atoms with Gasteiger partial charge in [0.25, 0.3) is 0 Å². The molecule has 0 spiro atoms. The molecular formula is C25H32F3N5O3. The lowest BCUT2D eigenvalue weighted by molar-refractivity contribution is -0.384. The second-order valence-corrected chi connectivity index (χ2v) is 9.94. The molecule has 2 heterocycles. The van der Waals surface area contributed by atoms with Gasteiger partial charge in [-0.25, -0.2) is 4.98 Å². The van der Waals surface area contributed by atoms with E-state index in [9.17, 15) is 23.3 Å². The number of rotatable bonds is 10. The van der Waals surface area contributed by atoms with Crippen molar-refractivity contribution in [2.45, 2.75) is 45.5 Å². The van der Waals surface area contributed by atoms with Crippen LogP contribution in [0.3, 0.4) is 0 Å². The molecule has 196 valence electrons. The van der Waals surface area contributed by atoms with Gasteiger partial charge in [-0.15, -0.1) is 13.2 Å². The zero-order valence-electron chi connectivity index (χ0n) is 20.3. The highest BCUT2D eigenvalue weighted by Gasteiger charge is 2.32. The topological polar surface area (TPSA) is 92.6 Å². The smallest absolute Gasteiger partial charge is 0.405 e. The molecule has 1 aromatic heterocycles. The molecule has 0 radical (unpaired) electrons. The molecule has 1 aliphatic heterocycles. The Bertz CT molecular complexity index is 1040. The number of likely N-dealkylation sites (tertiary alicyclic amines) is 1. The van der Waals surface area contributed by atoms with E-state index in [-0.39, 0.29) is 23.5 Å². The van der Waals surface area contributed by atoms with Crippen molar-refractivity contribution in [2.24, 2.45) is 17.8 Å². The average molecular weight is 508 g/mol. The van der Waals surface area contributed by atoms with Gasteiger partial charge >= 0.3 is 12.0 Å². The van der Waals surface area contributed by atoms with Gasteiger partial charge in [0.1, 0.15) is 23.5 Å². The van der Waals surface area contributed by atoms with Crippen LogP contribution in [0.15, 0.2) is 36.5 Å². The van der Waals surface area contributed by atoms with E-state index < -0.39 is 11.3 Å². The summed E-state index contributed by atoms with van der Waals surface area (Å²) in [6.45, 7) is 6.48. The summed E-state index contributed by atoms with van der Waals surface area (Å²) in [4.78, 5) is 17.6. The lowest BCUT2D eigenvalue weighted by atomic mass is 9.81. The molecule has 1 aliphatic carbocycles. The fraction of sp³-hybridized carbons (Fsp3) is 0.560. The number of ether oxygens (including phenoxy) is 1. The first-order chi connectivity index (χ1) is 17.2. The molecule has 0 amide bonds. The van der Waals surface area contributed by atoms with Crippen molar-refractivity contribution in [1.29, 1.82) is 0 Å². The van der Waals surface area contributed by atoms with E-state index in [2.05, 4.69) is 32.2 Å². The zero-order chi connectivity index (χ0) is 25.7. The van der Waals surface area contributed by atoms with Crippen molar-refractivity contribution >= 4 is 17.2 Å². The first-order valence-corrected chi connectivity index (χ1v) is 12.3. The fourth-order valence-corrected chi connectivity index (χ4v) is 5.11. The number of para-hydroxylation sites is 1. The first-order valence-electron chi connectivity index (χ1n) is 12.3. The summed E-state index contributed by atoms with van der Waals surface area (Å²) in [5.41, 5.74) is 0.491. The van der Waals surface area contributed by atoms with Gasteiger partial charge in [-0.05, 0) is 49.5 Å². The lowest BCUT2D eigenvalue weighted by Gasteiger charge is -2.41. The Morgan fingerprint density at radius 2 is 1.83 bits per heavy atom. The van der Waals surface area contributed by atoms with Gasteiger partial charge in [-0.2, -0.15) is 0 Å². The van der Waals surface area contributed by atoms with Crippen molar-refractivity contribution in [3.8, 4) is 5.75 Å². The molecule has 0 unspecified atom stereocenters. The van der Waals surface area contributed by atoms with E-state index in [1.807, 2.05) is 0 Å². The van der Waals surface area contributed by atoms with Gasteiger partial charge in [0.2, 0.25) is 0 Å². The molecule has 2 fully saturated rings. The Morgan fingerprint density at radius 1 is 1.14 bits per heavy atom. The standard InChI is InChI=1S/C25H32F3N5O3/c1-17-14-32(15-17)16-19-8-6-18(7-9-19)11-29-21-10-24(31-13-22(21)33(34)35)30-12-20-4-2-3-5-23(20)36-25(26,27)28/h2-5,10,13,17-19H,6-9,11-12,14-16H2,1H3,(H2,29,30,31)/t18-,19-. The van der Waals surface area contributed by atoms with Gasteiger partial charge in [-0.1, -0.05) is 25.1 Å². The van der Waals surface area contributed by atoms with Crippen molar-refractivity contribution in [3.05, 3.63) is 52.2 Å². The predicted octanol–water partition coefficient (Wildman–Crippen LogP) is 5.67. The highest BCUT2D eigenvalue weighted by atomic mass is 19.4. The van der Waals surface area contributed by atoms with Crippen molar-refractivity contribution in [3.63, 3.8) is 0 Å². The number of hydrogen-bond acceptors (Lipinski definition) is 7. The van der Waals surface area contributed by atoms with Crippen LogP contribution in [0.25, 0.3) is 0 Å². The zero-order valence-corrected chi connectivity index (χ0v) is 20.3. The largest absolute Gasteiger partial charge is 0.573 e. The molecule has 8 nitrogen and oxygen atoms in total. The van der Waals surface area contributed by atoms with Crippen LogP contribution in [0, 0.1) is 27.9 Å². The predicted molar refractivity (Wildman–Crippen MR) is 131 cm³/mol. The Hall–Kier alpha value is -3.08. The number of nitrogens with one attached hydrogen (secondary N) is 2. The van der Waals surface area contributed by atoms with E-state index >= 15 is 0 Å². The molecule has 1 saturated heterocycles. The van der Waals surface area contributed by atoms with E-state index in [0.717, 1.165) is 30.9 Å². The summed E-state index contributed by atoms with van der Waals surface area (Å²) < 4.78 is 42.1. The summed E-state index contributed by atoms with van der Waals surface area (Å²) in [6, 6.07) is 7.34. The fourth-order valence-electron chi connectivity index (χ4n) is 5.11. The van der Waals surface area contributed by atoms with Crippen LogP contribution in [-0.2, 0) is 6.54 Å². The molecule has 2 aliphatic rings. The van der Waals surface area contributed by atoms with Crippen LogP contribution in [0.4, 0.5) is 30.4 Å². The Kier molecular flexibility index (Phi) is 8.17. The highest BCUT2D eigenvalue weighted by Crippen LogP contribution is 2.33. The minimum absolute atomic E-state index is 0.0102. The van der Waals surface area contributed by atoms with Gasteiger partial charge in [0, 0.05) is 44.4 Å². The van der Waals surface area contributed by atoms with E-state index in [1.54, 1.807) is 6.07 Å². The second-order valence-electron chi connectivity index (χ2n) is 9.94. The van der Waals surface area contributed by atoms with Crippen molar-refractivity contribution in [1.82, 2.24) is 9.88 Å². The molecule has 1 saturated carbocycles. The summed E-state index contributed by atoms with van der Waals surface area (Å²) in [7, 11) is 0. The molecule has 4 rings (SSSR count). The minimum Gasteiger partial charge on any atom is -0.405 e. The highest BCUT2D eigenvalue weighted by molar-refractivity contribution is 5.65. The summed E-state index contributed by atoms with van der Waals surface area (Å²) in [6.07, 6.45) is 0.866. The number of benzene rings is 1. The number of nitro groups is 1. The van der Waals surface area contributed by atoms with Gasteiger partial charge in [0.15, 0.2) is 0 Å². The van der Waals surface area contributed by atoms with E-state index in [0.29, 0.717) is 24.0 Å². The van der Waals surface area contributed by atoms with Gasteiger partial charge in [0.05, 0.1) is 4.92 Å².